The molecule has 88 valence electrons. The average molecular weight is 232 g/mol. The van der Waals surface area contributed by atoms with Crippen molar-refractivity contribution in [3.05, 3.63) is 0 Å². The predicted octanol–water partition coefficient (Wildman–Crippen LogP) is 0.410. The topological polar surface area (TPSA) is 49.4 Å². The maximum atomic E-state index is 11.8. The fourth-order valence-electron chi connectivity index (χ4n) is 2.48. The van der Waals surface area contributed by atoms with Crippen LogP contribution in [0.25, 0.3) is 0 Å². The summed E-state index contributed by atoms with van der Waals surface area (Å²) in [6, 6.07) is 0. The summed E-state index contributed by atoms with van der Waals surface area (Å²) in [5.74, 6) is 0. The zero-order valence-electron chi connectivity index (χ0n) is 9.49. The van der Waals surface area contributed by atoms with Crippen LogP contribution < -0.4 is 5.32 Å². The first-order valence-electron chi connectivity index (χ1n) is 5.66. The Morgan fingerprint density at radius 1 is 1.33 bits per heavy atom. The van der Waals surface area contributed by atoms with Crippen LogP contribution in [0.4, 0.5) is 0 Å². The molecule has 2 fully saturated rings. The molecule has 0 radical (unpaired) electrons. The lowest BCUT2D eigenvalue weighted by Gasteiger charge is -2.51. The van der Waals surface area contributed by atoms with Gasteiger partial charge in [-0.15, -0.1) is 0 Å². The van der Waals surface area contributed by atoms with Gasteiger partial charge in [0, 0.05) is 25.0 Å². The van der Waals surface area contributed by atoms with Crippen molar-refractivity contribution in [3.8, 4) is 0 Å². The minimum Gasteiger partial charge on any atom is -0.316 e. The second-order valence-electron chi connectivity index (χ2n) is 5.14. The molecule has 0 bridgehead atoms. The highest BCUT2D eigenvalue weighted by Crippen LogP contribution is 2.38. The van der Waals surface area contributed by atoms with Crippen LogP contribution in [-0.2, 0) is 10.0 Å². The average Bonchev–Trinajstić information content (AvgIpc) is 2.15. The molecule has 0 aromatic rings. The van der Waals surface area contributed by atoms with Crippen molar-refractivity contribution in [2.45, 2.75) is 31.9 Å². The number of hydrogen-bond donors (Lipinski definition) is 1. The fraction of sp³-hybridized carbons (Fsp3) is 1.00. The maximum absolute atomic E-state index is 11.8. The Morgan fingerprint density at radius 3 is 2.47 bits per heavy atom. The van der Waals surface area contributed by atoms with Crippen molar-refractivity contribution in [3.63, 3.8) is 0 Å². The van der Waals surface area contributed by atoms with Gasteiger partial charge < -0.3 is 5.32 Å². The Kier molecular flexibility index (Phi) is 2.81. The third-order valence-electron chi connectivity index (χ3n) is 3.54. The van der Waals surface area contributed by atoms with Crippen LogP contribution in [0.5, 0.6) is 0 Å². The molecule has 2 aliphatic rings. The first-order chi connectivity index (χ1) is 6.96. The van der Waals surface area contributed by atoms with Crippen molar-refractivity contribution < 1.29 is 8.42 Å². The maximum Gasteiger partial charge on any atom is 0.216 e. The first-order valence-corrected chi connectivity index (χ1v) is 7.16. The molecule has 0 aliphatic carbocycles. The van der Waals surface area contributed by atoms with Gasteiger partial charge in [0.05, 0.1) is 5.25 Å². The van der Waals surface area contributed by atoms with E-state index in [1.807, 2.05) is 0 Å². The summed E-state index contributed by atoms with van der Waals surface area (Å²) in [7, 11) is -3.01. The zero-order chi connectivity index (χ0) is 11.1. The quantitative estimate of drug-likeness (QED) is 0.750. The minimum atomic E-state index is -3.01. The molecule has 2 heterocycles. The SMILES string of the molecule is CC(C)S(=O)(=O)N1CC2(CCCNC2)C1. The van der Waals surface area contributed by atoms with E-state index in [4.69, 9.17) is 0 Å². The number of piperidine rings is 1. The Balaban J connectivity index is 1.98. The van der Waals surface area contributed by atoms with Gasteiger partial charge in [-0.2, -0.15) is 0 Å². The predicted molar refractivity (Wildman–Crippen MR) is 60.2 cm³/mol. The minimum absolute atomic E-state index is 0.250. The number of sulfonamides is 1. The van der Waals surface area contributed by atoms with Crippen molar-refractivity contribution >= 4 is 10.0 Å². The lowest BCUT2D eigenvalue weighted by atomic mass is 9.75. The summed E-state index contributed by atoms with van der Waals surface area (Å²) in [5.41, 5.74) is 0.250. The normalized spacial score (nSPS) is 26.9. The van der Waals surface area contributed by atoms with Crippen LogP contribution in [-0.4, -0.2) is 44.2 Å². The molecular formula is C10H20N2O2S. The lowest BCUT2D eigenvalue weighted by Crippen LogP contribution is -2.64. The molecule has 0 amide bonds. The largest absolute Gasteiger partial charge is 0.316 e. The van der Waals surface area contributed by atoms with E-state index in [0.29, 0.717) is 0 Å². The number of hydrogen-bond acceptors (Lipinski definition) is 3. The molecule has 0 aromatic carbocycles. The van der Waals surface area contributed by atoms with Gasteiger partial charge in [-0.05, 0) is 33.2 Å². The van der Waals surface area contributed by atoms with E-state index in [1.165, 1.54) is 12.8 Å². The van der Waals surface area contributed by atoms with Crippen LogP contribution >= 0.6 is 0 Å². The van der Waals surface area contributed by atoms with Crippen LogP contribution in [0.15, 0.2) is 0 Å². The Hall–Kier alpha value is -0.130. The molecular weight excluding hydrogens is 212 g/mol. The molecule has 2 saturated heterocycles. The number of nitrogens with one attached hydrogen (secondary N) is 1. The summed E-state index contributed by atoms with van der Waals surface area (Å²) < 4.78 is 25.3. The van der Waals surface area contributed by atoms with Crippen LogP contribution in [0.2, 0.25) is 0 Å². The highest BCUT2D eigenvalue weighted by atomic mass is 32.2. The summed E-state index contributed by atoms with van der Waals surface area (Å²) >= 11 is 0. The molecule has 1 spiro atoms. The fourth-order valence-corrected chi connectivity index (χ4v) is 3.98. The number of rotatable bonds is 2. The highest BCUT2D eigenvalue weighted by molar-refractivity contribution is 7.89. The summed E-state index contributed by atoms with van der Waals surface area (Å²) in [6.07, 6.45) is 2.35. The van der Waals surface area contributed by atoms with Gasteiger partial charge in [0.1, 0.15) is 0 Å². The molecule has 2 aliphatic heterocycles. The lowest BCUT2D eigenvalue weighted by molar-refractivity contribution is 0.0430. The van der Waals surface area contributed by atoms with Crippen molar-refractivity contribution in [1.29, 1.82) is 0 Å². The second-order valence-corrected chi connectivity index (χ2v) is 7.63. The van der Waals surface area contributed by atoms with E-state index < -0.39 is 10.0 Å². The van der Waals surface area contributed by atoms with Crippen molar-refractivity contribution in [1.82, 2.24) is 9.62 Å². The molecule has 0 saturated carbocycles. The van der Waals surface area contributed by atoms with Gasteiger partial charge in [-0.25, -0.2) is 12.7 Å². The van der Waals surface area contributed by atoms with E-state index in [9.17, 15) is 8.42 Å². The standard InChI is InChI=1S/C10H20N2O2S/c1-9(2)15(13,14)12-7-10(8-12)4-3-5-11-6-10/h9,11H,3-8H2,1-2H3. The monoisotopic (exact) mass is 232 g/mol. The smallest absolute Gasteiger partial charge is 0.216 e. The van der Waals surface area contributed by atoms with Crippen LogP contribution in [0.1, 0.15) is 26.7 Å². The number of nitrogens with zero attached hydrogens (tertiary/aromatic N) is 1. The van der Waals surface area contributed by atoms with E-state index >= 15 is 0 Å². The van der Waals surface area contributed by atoms with E-state index in [2.05, 4.69) is 5.32 Å². The van der Waals surface area contributed by atoms with Gasteiger partial charge in [0.2, 0.25) is 10.0 Å². The van der Waals surface area contributed by atoms with E-state index in [0.717, 1.165) is 26.2 Å². The van der Waals surface area contributed by atoms with Gasteiger partial charge in [0.15, 0.2) is 0 Å². The molecule has 0 aromatic heterocycles. The molecule has 0 atom stereocenters. The highest BCUT2D eigenvalue weighted by Gasteiger charge is 2.48. The van der Waals surface area contributed by atoms with Crippen LogP contribution in [0, 0.1) is 5.41 Å². The van der Waals surface area contributed by atoms with E-state index in [1.54, 1.807) is 18.2 Å². The molecule has 4 nitrogen and oxygen atoms in total. The Labute approximate surface area is 92.1 Å². The van der Waals surface area contributed by atoms with E-state index in [-0.39, 0.29) is 10.7 Å². The van der Waals surface area contributed by atoms with Gasteiger partial charge in [0.25, 0.3) is 0 Å². The molecule has 2 rings (SSSR count). The molecule has 0 unspecified atom stereocenters. The third kappa shape index (κ3) is 1.92. The van der Waals surface area contributed by atoms with Crippen molar-refractivity contribution in [2.24, 2.45) is 5.41 Å². The van der Waals surface area contributed by atoms with Gasteiger partial charge in [-0.1, -0.05) is 0 Å². The Bertz CT molecular complexity index is 323. The zero-order valence-corrected chi connectivity index (χ0v) is 10.3. The van der Waals surface area contributed by atoms with Crippen LogP contribution in [0.3, 0.4) is 0 Å². The summed E-state index contributed by atoms with van der Waals surface area (Å²) in [5, 5.41) is 3.07. The first kappa shape index (κ1) is 11.4. The van der Waals surface area contributed by atoms with Gasteiger partial charge >= 0.3 is 0 Å². The summed E-state index contributed by atoms with van der Waals surface area (Å²) in [4.78, 5) is 0. The second kappa shape index (κ2) is 3.71. The molecule has 5 heteroatoms. The van der Waals surface area contributed by atoms with Crippen molar-refractivity contribution in [2.75, 3.05) is 26.2 Å². The summed E-state index contributed by atoms with van der Waals surface area (Å²) in [6.45, 7) is 7.01. The third-order valence-corrected chi connectivity index (χ3v) is 5.71. The molecule has 15 heavy (non-hydrogen) atoms. The molecule has 1 N–H and O–H groups in total. The Morgan fingerprint density at radius 2 is 2.00 bits per heavy atom. The van der Waals surface area contributed by atoms with Gasteiger partial charge in [-0.3, -0.25) is 0 Å².